The van der Waals surface area contributed by atoms with E-state index in [1.54, 1.807) is 20.8 Å². The van der Waals surface area contributed by atoms with Gasteiger partial charge in [-0.2, -0.15) is 6.92 Å². The van der Waals surface area contributed by atoms with E-state index in [1.807, 2.05) is 0 Å². The number of Topliss-reactive ketones (excluding diaryl/α,β-unsaturated/α-hetero) is 1. The first-order valence-electron chi connectivity index (χ1n) is 7.09. The monoisotopic (exact) mass is 403 g/mol. The Morgan fingerprint density at radius 2 is 1.50 bits per heavy atom. The molecule has 0 aliphatic carbocycles. The van der Waals surface area contributed by atoms with Crippen LogP contribution in [0.5, 0.6) is 0 Å². The number of ketones is 1. The maximum absolute atomic E-state index is 11.6. The number of carbonyl (C=O) groups is 1. The molecule has 0 amide bonds. The van der Waals surface area contributed by atoms with E-state index in [4.69, 9.17) is 0 Å². The van der Waals surface area contributed by atoms with Crippen LogP contribution < -0.4 is 0 Å². The van der Waals surface area contributed by atoms with Gasteiger partial charge >= 0.3 is 0 Å². The molecule has 0 heterocycles. The van der Waals surface area contributed by atoms with E-state index in [9.17, 15) is 13.2 Å². The van der Waals surface area contributed by atoms with Gasteiger partial charge in [0, 0.05) is 32.7 Å². The van der Waals surface area contributed by atoms with Gasteiger partial charge in [0.15, 0.2) is 9.84 Å². The van der Waals surface area contributed by atoms with Crippen molar-refractivity contribution in [2.24, 2.45) is 5.41 Å². The fraction of sp³-hybridized carbons (Fsp3) is 0.706. The minimum atomic E-state index is -3.03. The molecule has 127 valence electrons. The van der Waals surface area contributed by atoms with Crippen LogP contribution in [-0.4, -0.2) is 24.7 Å². The van der Waals surface area contributed by atoms with Crippen molar-refractivity contribution in [3.05, 3.63) is 13.8 Å². The topological polar surface area (TPSA) is 51.2 Å². The van der Waals surface area contributed by atoms with Crippen molar-refractivity contribution in [3.8, 4) is 11.8 Å². The van der Waals surface area contributed by atoms with E-state index >= 15 is 0 Å². The SMILES string of the molecule is [CH2-]C#CC(C)(C)C.[CH2-]C(=O)CCCCS(=O)(=O)C(C)(C)C.[Y]. The second kappa shape index (κ2) is 11.5. The summed E-state index contributed by atoms with van der Waals surface area (Å²) in [7, 11) is -3.03. The summed E-state index contributed by atoms with van der Waals surface area (Å²) < 4.78 is 22.5. The number of carbonyl (C=O) groups excluding carboxylic acids is 1. The first-order valence-corrected chi connectivity index (χ1v) is 8.74. The molecule has 0 rings (SSSR count). The summed E-state index contributed by atoms with van der Waals surface area (Å²) in [6, 6.07) is 0. The van der Waals surface area contributed by atoms with E-state index in [-0.39, 0.29) is 49.7 Å². The molecule has 5 heteroatoms. The fourth-order valence-corrected chi connectivity index (χ4v) is 2.38. The Morgan fingerprint density at radius 1 is 1.05 bits per heavy atom. The first-order chi connectivity index (χ1) is 9.23. The molecule has 0 fully saturated rings. The van der Waals surface area contributed by atoms with Gasteiger partial charge in [0.2, 0.25) is 0 Å². The van der Waals surface area contributed by atoms with E-state index in [0.717, 1.165) is 0 Å². The Bertz CT molecular complexity index is 469. The summed E-state index contributed by atoms with van der Waals surface area (Å²) in [5.74, 6) is 5.56. The molecule has 0 atom stereocenters. The quantitative estimate of drug-likeness (QED) is 0.400. The maximum atomic E-state index is 11.6. The van der Waals surface area contributed by atoms with Crippen LogP contribution in [0.4, 0.5) is 0 Å². The average Bonchev–Trinajstić information content (AvgIpc) is 2.21. The van der Waals surface area contributed by atoms with Crippen molar-refractivity contribution < 1.29 is 45.9 Å². The molecule has 22 heavy (non-hydrogen) atoms. The van der Waals surface area contributed by atoms with Gasteiger partial charge in [0.05, 0.1) is 10.5 Å². The summed E-state index contributed by atoms with van der Waals surface area (Å²) in [5.41, 5.74) is 0.127. The maximum Gasteiger partial charge on any atom is 0.155 e. The van der Waals surface area contributed by atoms with Crippen LogP contribution in [0.25, 0.3) is 0 Å². The van der Waals surface area contributed by atoms with Crippen LogP contribution in [0.3, 0.4) is 0 Å². The first kappa shape index (κ1) is 26.9. The minimum Gasteiger partial charge on any atom is -0.339 e. The van der Waals surface area contributed by atoms with Crippen LogP contribution in [0.2, 0.25) is 0 Å². The van der Waals surface area contributed by atoms with Crippen molar-refractivity contribution >= 4 is 15.6 Å². The Balaban J connectivity index is -0.000000385. The van der Waals surface area contributed by atoms with Crippen LogP contribution in [0, 0.1) is 31.1 Å². The smallest absolute Gasteiger partial charge is 0.155 e. The molecular weight excluding hydrogens is 373 g/mol. The van der Waals surface area contributed by atoms with E-state index in [1.165, 1.54) is 0 Å². The fourth-order valence-electron chi connectivity index (χ4n) is 1.19. The molecule has 3 nitrogen and oxygen atoms in total. The second-order valence-electron chi connectivity index (χ2n) is 6.98. The molecule has 0 bridgehead atoms. The predicted octanol–water partition coefficient (Wildman–Crippen LogP) is 3.64. The van der Waals surface area contributed by atoms with Gasteiger partial charge in [-0.25, -0.2) is 8.42 Å². The molecular formula is C17H30O3SY-2. The summed E-state index contributed by atoms with van der Waals surface area (Å²) >= 11 is 0. The number of hydrogen-bond donors (Lipinski definition) is 0. The van der Waals surface area contributed by atoms with Gasteiger partial charge in [-0.15, -0.1) is 0 Å². The van der Waals surface area contributed by atoms with Crippen molar-refractivity contribution in [2.45, 2.75) is 65.6 Å². The third-order valence-electron chi connectivity index (χ3n) is 2.52. The molecule has 0 aromatic rings. The number of hydrogen-bond acceptors (Lipinski definition) is 3. The molecule has 0 aromatic carbocycles. The van der Waals surface area contributed by atoms with Gasteiger partial charge < -0.3 is 17.6 Å². The average molecular weight is 403 g/mol. The van der Waals surface area contributed by atoms with Crippen LogP contribution in [0.1, 0.15) is 60.8 Å². The molecule has 0 saturated heterocycles. The van der Waals surface area contributed by atoms with Gasteiger partial charge in [0.1, 0.15) is 0 Å². The second-order valence-corrected chi connectivity index (χ2v) is 9.84. The zero-order valence-corrected chi connectivity index (χ0v) is 18.6. The van der Waals surface area contributed by atoms with E-state index in [0.29, 0.717) is 19.3 Å². The minimum absolute atomic E-state index is 0. The van der Waals surface area contributed by atoms with Crippen molar-refractivity contribution in [1.82, 2.24) is 0 Å². The summed E-state index contributed by atoms with van der Waals surface area (Å²) in [6.07, 6.45) is 1.53. The van der Waals surface area contributed by atoms with E-state index in [2.05, 4.69) is 46.5 Å². The predicted molar refractivity (Wildman–Crippen MR) is 90.3 cm³/mol. The number of sulfone groups is 1. The third kappa shape index (κ3) is 16.4. The molecule has 0 saturated carbocycles. The molecule has 0 N–H and O–H groups in total. The Labute approximate surface area is 163 Å². The summed E-state index contributed by atoms with van der Waals surface area (Å²) in [6.45, 7) is 17.9. The normalized spacial score (nSPS) is 11.2. The van der Waals surface area contributed by atoms with Gasteiger partial charge in [-0.3, -0.25) is 5.92 Å². The Kier molecular flexibility index (Phi) is 14.1. The van der Waals surface area contributed by atoms with Crippen LogP contribution in [0.15, 0.2) is 0 Å². The zero-order valence-electron chi connectivity index (χ0n) is 15.0. The van der Waals surface area contributed by atoms with Crippen LogP contribution in [-0.2, 0) is 47.3 Å². The van der Waals surface area contributed by atoms with Crippen molar-refractivity contribution in [1.29, 1.82) is 0 Å². The van der Waals surface area contributed by atoms with Crippen LogP contribution >= 0.6 is 0 Å². The molecule has 1 radical (unpaired) electrons. The third-order valence-corrected chi connectivity index (χ3v) is 5.21. The molecule has 0 aliphatic heterocycles. The van der Waals surface area contributed by atoms with E-state index < -0.39 is 14.6 Å². The van der Waals surface area contributed by atoms with Gasteiger partial charge in [-0.05, 0) is 45.8 Å². The summed E-state index contributed by atoms with van der Waals surface area (Å²) in [4.78, 5) is 10.5. The number of rotatable bonds is 5. The van der Waals surface area contributed by atoms with Crippen molar-refractivity contribution in [2.75, 3.05) is 5.75 Å². The van der Waals surface area contributed by atoms with Gasteiger partial charge in [0.25, 0.3) is 0 Å². The van der Waals surface area contributed by atoms with Gasteiger partial charge in [-0.1, -0.05) is 26.2 Å². The largest absolute Gasteiger partial charge is 0.339 e. The molecule has 0 aliphatic rings. The molecule has 0 aromatic heterocycles. The number of unbranched alkanes of at least 4 members (excludes halogenated alkanes) is 1. The molecule has 0 unspecified atom stereocenters. The Morgan fingerprint density at radius 3 is 1.73 bits per heavy atom. The Hall–Kier alpha value is 0.0239. The standard InChI is InChI=1S/C10H19O3S.C7H11.Y/c1-9(11)7-5-6-8-14(12,13)10(2,3)4;1-5-6-7(2,3)4;/h1,5-8H2,2-4H3;1H2,2-4H3;/q2*-1;. The molecule has 0 spiro atoms. The zero-order chi connectivity index (χ0) is 17.3. The van der Waals surface area contributed by atoms with Crippen molar-refractivity contribution in [3.63, 3.8) is 0 Å². The summed E-state index contributed by atoms with van der Waals surface area (Å²) in [5, 5.41) is 0.